The Balaban J connectivity index is 2.13. The zero-order valence-corrected chi connectivity index (χ0v) is 8.56. The summed E-state index contributed by atoms with van der Waals surface area (Å²) in [4.78, 5) is 27.0. The number of anilines is 1. The summed E-state index contributed by atoms with van der Waals surface area (Å²) in [5.41, 5.74) is 0.934. The summed E-state index contributed by atoms with van der Waals surface area (Å²) in [6.45, 7) is 2.80. The minimum atomic E-state index is -0.374. The Kier molecular flexibility index (Phi) is 2.10. The molecule has 0 aromatic carbocycles. The topological polar surface area (TPSA) is 86.9 Å². The molecule has 2 aromatic rings. The van der Waals surface area contributed by atoms with Crippen LogP contribution >= 0.6 is 0 Å². The van der Waals surface area contributed by atoms with Crippen molar-refractivity contribution in [2.75, 3.05) is 31.2 Å². The van der Waals surface area contributed by atoms with E-state index >= 15 is 0 Å². The third-order valence-corrected chi connectivity index (χ3v) is 2.61. The Morgan fingerprint density at radius 3 is 3.00 bits per heavy atom. The Morgan fingerprint density at radius 2 is 2.19 bits per heavy atom. The molecule has 2 aromatic heterocycles. The van der Waals surface area contributed by atoms with Gasteiger partial charge in [0.05, 0.1) is 19.5 Å². The summed E-state index contributed by atoms with van der Waals surface area (Å²) < 4.78 is 5.26. The molecule has 0 spiro atoms. The molecule has 3 heterocycles. The van der Waals surface area contributed by atoms with E-state index in [9.17, 15) is 4.79 Å². The van der Waals surface area contributed by atoms with E-state index in [0.717, 1.165) is 18.6 Å². The molecule has 1 saturated heterocycles. The zero-order valence-electron chi connectivity index (χ0n) is 8.56. The molecule has 0 saturated carbocycles. The number of imidazole rings is 1. The van der Waals surface area contributed by atoms with Gasteiger partial charge in [0.25, 0.3) is 0 Å². The van der Waals surface area contributed by atoms with Gasteiger partial charge in [0.15, 0.2) is 11.5 Å². The fraction of sp³-hybridized carbons (Fsp3) is 0.444. The first-order valence-corrected chi connectivity index (χ1v) is 5.11. The molecule has 84 valence electrons. The van der Waals surface area contributed by atoms with Gasteiger partial charge in [0.1, 0.15) is 5.52 Å². The van der Waals surface area contributed by atoms with E-state index in [1.165, 1.54) is 0 Å². The Bertz CT molecular complexity index is 554. The van der Waals surface area contributed by atoms with Gasteiger partial charge in [0.2, 0.25) is 0 Å². The zero-order chi connectivity index (χ0) is 11.0. The monoisotopic (exact) mass is 221 g/mol. The second-order valence-electron chi connectivity index (χ2n) is 3.59. The average Bonchev–Trinajstić information content (AvgIpc) is 2.77. The van der Waals surface area contributed by atoms with Gasteiger partial charge in [-0.15, -0.1) is 0 Å². The Labute approximate surface area is 90.5 Å². The fourth-order valence-corrected chi connectivity index (χ4v) is 1.84. The molecular formula is C9H11N5O2. The van der Waals surface area contributed by atoms with Crippen LogP contribution < -0.4 is 10.6 Å². The molecule has 16 heavy (non-hydrogen) atoms. The van der Waals surface area contributed by atoms with Gasteiger partial charge < -0.3 is 14.6 Å². The van der Waals surface area contributed by atoms with Crippen LogP contribution in [-0.2, 0) is 4.74 Å². The van der Waals surface area contributed by atoms with Crippen molar-refractivity contribution in [2.24, 2.45) is 0 Å². The highest BCUT2D eigenvalue weighted by atomic mass is 16.5. The predicted octanol–water partition coefficient (Wildman–Crippen LogP) is -0.517. The van der Waals surface area contributed by atoms with E-state index in [0.29, 0.717) is 24.7 Å². The van der Waals surface area contributed by atoms with Crippen LogP contribution in [0, 0.1) is 0 Å². The molecule has 7 heteroatoms. The largest absolute Gasteiger partial charge is 0.378 e. The van der Waals surface area contributed by atoms with Crippen molar-refractivity contribution < 1.29 is 4.74 Å². The van der Waals surface area contributed by atoms with Crippen molar-refractivity contribution in [2.45, 2.75) is 0 Å². The summed E-state index contributed by atoms with van der Waals surface area (Å²) in [5.74, 6) is 0.652. The van der Waals surface area contributed by atoms with Crippen LogP contribution in [-0.4, -0.2) is 46.2 Å². The lowest BCUT2D eigenvalue weighted by molar-refractivity contribution is 0.122. The highest BCUT2D eigenvalue weighted by Gasteiger charge is 2.17. The fourth-order valence-electron chi connectivity index (χ4n) is 1.84. The van der Waals surface area contributed by atoms with E-state index in [2.05, 4.69) is 19.9 Å². The quantitative estimate of drug-likeness (QED) is 0.676. The van der Waals surface area contributed by atoms with E-state index in [4.69, 9.17) is 4.74 Å². The van der Waals surface area contributed by atoms with Crippen LogP contribution in [0.2, 0.25) is 0 Å². The van der Waals surface area contributed by atoms with Crippen molar-refractivity contribution in [3.05, 3.63) is 16.8 Å². The SMILES string of the molecule is O=c1nc(N2CCOCC2)c2[nH]cnc2[nH]1. The van der Waals surface area contributed by atoms with Gasteiger partial charge in [-0.05, 0) is 0 Å². The maximum atomic E-state index is 11.4. The van der Waals surface area contributed by atoms with Crippen molar-refractivity contribution in [3.8, 4) is 0 Å². The van der Waals surface area contributed by atoms with Gasteiger partial charge in [-0.25, -0.2) is 9.78 Å². The second kappa shape index (κ2) is 3.60. The van der Waals surface area contributed by atoms with Crippen LogP contribution in [0.3, 0.4) is 0 Å². The molecule has 0 unspecified atom stereocenters. The van der Waals surface area contributed by atoms with Crippen LogP contribution in [0.25, 0.3) is 11.2 Å². The molecule has 0 radical (unpaired) electrons. The third-order valence-electron chi connectivity index (χ3n) is 2.61. The number of ether oxygens (including phenoxy) is 1. The first-order chi connectivity index (χ1) is 7.84. The normalized spacial score (nSPS) is 16.9. The number of H-pyrrole nitrogens is 2. The highest BCUT2D eigenvalue weighted by molar-refractivity contribution is 5.82. The molecular weight excluding hydrogens is 210 g/mol. The number of rotatable bonds is 1. The smallest absolute Gasteiger partial charge is 0.348 e. The minimum Gasteiger partial charge on any atom is -0.378 e. The van der Waals surface area contributed by atoms with Crippen molar-refractivity contribution in [3.63, 3.8) is 0 Å². The number of nitrogens with zero attached hydrogens (tertiary/aromatic N) is 3. The summed E-state index contributed by atoms with van der Waals surface area (Å²) in [5, 5.41) is 0. The molecule has 0 atom stereocenters. The number of hydrogen-bond donors (Lipinski definition) is 2. The lowest BCUT2D eigenvalue weighted by atomic mass is 10.4. The standard InChI is InChI=1S/C9H11N5O2/c15-9-12-7-6(10-5-11-7)8(13-9)14-1-3-16-4-2-14/h5H,1-4H2,(H2,10,11,12,13,15). The molecule has 1 aliphatic heterocycles. The first-order valence-electron chi connectivity index (χ1n) is 5.11. The molecule has 0 bridgehead atoms. The number of morpholine rings is 1. The summed E-state index contributed by atoms with van der Waals surface area (Å²) in [6.07, 6.45) is 1.55. The van der Waals surface area contributed by atoms with Crippen LogP contribution in [0.5, 0.6) is 0 Å². The van der Waals surface area contributed by atoms with Crippen molar-refractivity contribution in [1.82, 2.24) is 19.9 Å². The average molecular weight is 221 g/mol. The molecule has 0 amide bonds. The van der Waals surface area contributed by atoms with Crippen molar-refractivity contribution >= 4 is 17.0 Å². The summed E-state index contributed by atoms with van der Waals surface area (Å²) in [6, 6.07) is 0. The number of aromatic amines is 2. The second-order valence-corrected chi connectivity index (χ2v) is 3.59. The molecule has 1 aliphatic rings. The summed E-state index contributed by atoms with van der Waals surface area (Å²) >= 11 is 0. The van der Waals surface area contributed by atoms with Gasteiger partial charge in [-0.2, -0.15) is 4.98 Å². The highest BCUT2D eigenvalue weighted by Crippen LogP contribution is 2.18. The molecule has 7 nitrogen and oxygen atoms in total. The van der Waals surface area contributed by atoms with Gasteiger partial charge in [-0.3, -0.25) is 4.98 Å². The van der Waals surface area contributed by atoms with Crippen LogP contribution in [0.15, 0.2) is 11.1 Å². The Morgan fingerprint density at radius 1 is 1.38 bits per heavy atom. The first kappa shape index (κ1) is 9.34. The molecule has 2 N–H and O–H groups in total. The van der Waals surface area contributed by atoms with Crippen LogP contribution in [0.1, 0.15) is 0 Å². The van der Waals surface area contributed by atoms with E-state index < -0.39 is 0 Å². The minimum absolute atomic E-state index is 0.374. The number of hydrogen-bond acceptors (Lipinski definition) is 5. The van der Waals surface area contributed by atoms with Gasteiger partial charge in [-0.1, -0.05) is 0 Å². The molecule has 1 fully saturated rings. The maximum Gasteiger partial charge on any atom is 0.348 e. The van der Waals surface area contributed by atoms with Crippen LogP contribution in [0.4, 0.5) is 5.82 Å². The molecule has 3 rings (SSSR count). The number of aromatic nitrogens is 4. The van der Waals surface area contributed by atoms with E-state index in [-0.39, 0.29) is 5.69 Å². The number of fused-ring (bicyclic) bond motifs is 1. The lowest BCUT2D eigenvalue weighted by Gasteiger charge is -2.27. The molecule has 0 aliphatic carbocycles. The lowest BCUT2D eigenvalue weighted by Crippen LogP contribution is -2.38. The van der Waals surface area contributed by atoms with Gasteiger partial charge >= 0.3 is 5.69 Å². The predicted molar refractivity (Wildman–Crippen MR) is 57.5 cm³/mol. The summed E-state index contributed by atoms with van der Waals surface area (Å²) in [7, 11) is 0. The van der Waals surface area contributed by atoms with Gasteiger partial charge in [0, 0.05) is 13.1 Å². The van der Waals surface area contributed by atoms with Crippen molar-refractivity contribution in [1.29, 1.82) is 0 Å². The number of nitrogens with one attached hydrogen (secondary N) is 2. The van der Waals surface area contributed by atoms with E-state index in [1.54, 1.807) is 6.33 Å². The third kappa shape index (κ3) is 1.45. The Hall–Kier alpha value is -1.89. The maximum absolute atomic E-state index is 11.4. The van der Waals surface area contributed by atoms with E-state index in [1.807, 2.05) is 4.90 Å².